The summed E-state index contributed by atoms with van der Waals surface area (Å²) in [5, 5.41) is 6.69. The van der Waals surface area contributed by atoms with Crippen LogP contribution in [0.2, 0.25) is 5.02 Å². The van der Waals surface area contributed by atoms with Crippen LogP contribution in [-0.2, 0) is 22.8 Å². The Bertz CT molecular complexity index is 1490. The molecule has 11 heteroatoms. The number of methoxy groups -OCH3 is 2. The van der Waals surface area contributed by atoms with Gasteiger partial charge in [-0.2, -0.15) is 5.10 Å². The van der Waals surface area contributed by atoms with E-state index in [9.17, 15) is 13.2 Å². The minimum absolute atomic E-state index is 0.0119. The number of hydrogen-bond donors (Lipinski definition) is 2. The molecule has 172 valence electrons. The Morgan fingerprint density at radius 1 is 1.09 bits per heavy atom. The Hall–Kier alpha value is -3.50. The second-order valence-corrected chi connectivity index (χ2v) is 9.55. The number of nitrogens with zero attached hydrogens (tertiary/aromatic N) is 2. The third-order valence-electron chi connectivity index (χ3n) is 5.33. The number of nitrogens with two attached hydrogens (primary N) is 1. The fraction of sp³-hybridized carbons (Fsp3) is 0.182. The fourth-order valence-corrected chi connectivity index (χ4v) is 5.41. The van der Waals surface area contributed by atoms with Crippen LogP contribution in [-0.4, -0.2) is 37.4 Å². The van der Waals surface area contributed by atoms with Gasteiger partial charge in [-0.3, -0.25) is 4.79 Å². The second kappa shape index (κ2) is 8.80. The molecule has 0 unspecified atom stereocenters. The molecule has 9 nitrogen and oxygen atoms in total. The highest BCUT2D eigenvalue weighted by Crippen LogP contribution is 2.35. The van der Waals surface area contributed by atoms with Crippen molar-refractivity contribution in [2.75, 3.05) is 20.0 Å². The van der Waals surface area contributed by atoms with Crippen LogP contribution in [0, 0.1) is 0 Å². The third kappa shape index (κ3) is 4.03. The lowest BCUT2D eigenvalue weighted by Gasteiger charge is -2.11. The Kier molecular flexibility index (Phi) is 6.05. The van der Waals surface area contributed by atoms with Crippen molar-refractivity contribution in [2.24, 2.45) is 0 Å². The standard InChI is InChI=1S/C22H21ClN4O5S/c1-31-17-8-3-13(11-18(17)32-2)9-10-27-19-16(12-25-26-22(19)28)20(21(27)24)33(29,30)15-6-4-14(23)5-7-15/h3-8,11-12H,9-10,24H2,1-2H3,(H,26,28). The maximum atomic E-state index is 13.4. The summed E-state index contributed by atoms with van der Waals surface area (Å²) in [4.78, 5) is 12.5. The predicted molar refractivity (Wildman–Crippen MR) is 125 cm³/mol. The van der Waals surface area contributed by atoms with E-state index >= 15 is 0 Å². The number of aromatic nitrogens is 3. The molecule has 2 aromatic carbocycles. The molecule has 0 saturated heterocycles. The molecule has 4 aromatic rings. The number of halogens is 1. The minimum Gasteiger partial charge on any atom is -0.493 e. The van der Waals surface area contributed by atoms with Crippen LogP contribution in [0.25, 0.3) is 10.9 Å². The number of ether oxygens (including phenoxy) is 2. The van der Waals surface area contributed by atoms with Crippen LogP contribution in [0.5, 0.6) is 11.5 Å². The van der Waals surface area contributed by atoms with Crippen LogP contribution in [0.15, 0.2) is 63.2 Å². The molecule has 0 fully saturated rings. The number of sulfone groups is 1. The Labute approximate surface area is 194 Å². The number of H-pyrrole nitrogens is 1. The normalized spacial score (nSPS) is 11.6. The van der Waals surface area contributed by atoms with Gasteiger partial charge >= 0.3 is 0 Å². The zero-order valence-electron chi connectivity index (χ0n) is 17.8. The number of rotatable bonds is 7. The van der Waals surface area contributed by atoms with E-state index in [0.717, 1.165) is 5.56 Å². The number of nitrogens with one attached hydrogen (secondary N) is 1. The Morgan fingerprint density at radius 3 is 2.45 bits per heavy atom. The highest BCUT2D eigenvalue weighted by molar-refractivity contribution is 7.92. The molecule has 33 heavy (non-hydrogen) atoms. The molecule has 3 N–H and O–H groups in total. The molecule has 2 aromatic heterocycles. The Balaban J connectivity index is 1.81. The van der Waals surface area contributed by atoms with Gasteiger partial charge in [0.05, 0.1) is 25.3 Å². The van der Waals surface area contributed by atoms with Crippen LogP contribution < -0.4 is 20.8 Å². The van der Waals surface area contributed by atoms with Crippen molar-refractivity contribution in [1.82, 2.24) is 14.8 Å². The second-order valence-electron chi connectivity index (χ2n) is 7.22. The van der Waals surface area contributed by atoms with Crippen molar-refractivity contribution in [3.8, 4) is 11.5 Å². The smallest absolute Gasteiger partial charge is 0.288 e. The molecule has 0 spiro atoms. The van der Waals surface area contributed by atoms with Crippen molar-refractivity contribution in [3.63, 3.8) is 0 Å². The number of benzene rings is 2. The first-order valence-electron chi connectivity index (χ1n) is 9.84. The molecular weight excluding hydrogens is 468 g/mol. The molecule has 0 atom stereocenters. The van der Waals surface area contributed by atoms with Crippen molar-refractivity contribution in [2.45, 2.75) is 22.8 Å². The fourth-order valence-electron chi connectivity index (χ4n) is 3.73. The van der Waals surface area contributed by atoms with Gasteiger partial charge in [-0.15, -0.1) is 0 Å². The van der Waals surface area contributed by atoms with Crippen molar-refractivity contribution < 1.29 is 17.9 Å². The van der Waals surface area contributed by atoms with Crippen LogP contribution in [0.3, 0.4) is 0 Å². The molecule has 0 aliphatic rings. The zero-order chi connectivity index (χ0) is 23.8. The highest BCUT2D eigenvalue weighted by atomic mass is 35.5. The summed E-state index contributed by atoms with van der Waals surface area (Å²) in [6.07, 6.45) is 1.75. The topological polar surface area (TPSA) is 129 Å². The minimum atomic E-state index is -4.05. The van der Waals surface area contributed by atoms with Crippen LogP contribution >= 0.6 is 11.6 Å². The third-order valence-corrected chi connectivity index (χ3v) is 7.44. The lowest BCUT2D eigenvalue weighted by atomic mass is 10.1. The molecule has 0 amide bonds. The van der Waals surface area contributed by atoms with Gasteiger partial charge in [0.2, 0.25) is 9.84 Å². The zero-order valence-corrected chi connectivity index (χ0v) is 19.4. The number of aromatic amines is 1. The van der Waals surface area contributed by atoms with Gasteiger partial charge in [0, 0.05) is 17.0 Å². The van der Waals surface area contributed by atoms with Crippen molar-refractivity contribution >= 4 is 38.2 Å². The number of nitrogen functional groups attached to an aromatic ring is 1. The molecule has 2 heterocycles. The van der Waals surface area contributed by atoms with Gasteiger partial charge in [0.1, 0.15) is 16.2 Å². The lowest BCUT2D eigenvalue weighted by Crippen LogP contribution is -2.14. The van der Waals surface area contributed by atoms with Crippen LogP contribution in [0.1, 0.15) is 5.56 Å². The van der Waals surface area contributed by atoms with E-state index in [0.29, 0.717) is 22.9 Å². The molecular formula is C22H21ClN4O5S. The molecule has 0 bridgehead atoms. The SMILES string of the molecule is COc1ccc(CCn2c(N)c(S(=O)(=O)c3ccc(Cl)cc3)c3cn[nH]c(=O)c32)cc1OC. The number of fused-ring (bicyclic) bond motifs is 1. The van der Waals surface area contributed by atoms with E-state index in [1.807, 2.05) is 12.1 Å². The quantitative estimate of drug-likeness (QED) is 0.409. The van der Waals surface area contributed by atoms with Crippen molar-refractivity contribution in [3.05, 3.63) is 69.6 Å². The van der Waals surface area contributed by atoms with Gasteiger partial charge in [0.25, 0.3) is 5.56 Å². The first-order chi connectivity index (χ1) is 15.8. The molecule has 0 radical (unpaired) electrons. The van der Waals surface area contributed by atoms with Gasteiger partial charge in [-0.25, -0.2) is 13.5 Å². The number of anilines is 1. The predicted octanol–water partition coefficient (Wildman–Crippen LogP) is 3.05. The van der Waals surface area contributed by atoms with E-state index in [4.69, 9.17) is 26.8 Å². The molecule has 0 aliphatic heterocycles. The van der Waals surface area contributed by atoms with E-state index < -0.39 is 15.4 Å². The van der Waals surface area contributed by atoms with Gasteiger partial charge < -0.3 is 19.8 Å². The lowest BCUT2D eigenvalue weighted by molar-refractivity contribution is 0.354. The average Bonchev–Trinajstić information content (AvgIpc) is 3.10. The van der Waals surface area contributed by atoms with Crippen molar-refractivity contribution in [1.29, 1.82) is 0 Å². The monoisotopic (exact) mass is 488 g/mol. The summed E-state index contributed by atoms with van der Waals surface area (Å²) in [5.74, 6) is 1.11. The maximum Gasteiger partial charge on any atom is 0.288 e. The average molecular weight is 489 g/mol. The van der Waals surface area contributed by atoms with Gasteiger partial charge in [-0.05, 0) is 48.4 Å². The number of aryl methyl sites for hydroxylation is 2. The first kappa shape index (κ1) is 22.7. The van der Waals surface area contributed by atoms with E-state index in [-0.39, 0.29) is 33.1 Å². The molecule has 4 rings (SSSR count). The maximum absolute atomic E-state index is 13.4. The Morgan fingerprint density at radius 2 is 1.79 bits per heavy atom. The summed E-state index contributed by atoms with van der Waals surface area (Å²) in [6.45, 7) is 0.251. The highest BCUT2D eigenvalue weighted by Gasteiger charge is 2.29. The molecule has 0 aliphatic carbocycles. The summed E-state index contributed by atoms with van der Waals surface area (Å²) < 4.78 is 38.9. The first-order valence-corrected chi connectivity index (χ1v) is 11.7. The van der Waals surface area contributed by atoms with Gasteiger partial charge in [-0.1, -0.05) is 17.7 Å². The van der Waals surface area contributed by atoms with E-state index in [2.05, 4.69) is 10.2 Å². The summed E-state index contributed by atoms with van der Waals surface area (Å²) >= 11 is 5.90. The van der Waals surface area contributed by atoms with Gasteiger partial charge in [0.15, 0.2) is 11.5 Å². The van der Waals surface area contributed by atoms with E-state index in [1.165, 1.54) is 35.0 Å². The largest absolute Gasteiger partial charge is 0.493 e. The summed E-state index contributed by atoms with van der Waals surface area (Å²) in [5.41, 5.74) is 6.82. The summed E-state index contributed by atoms with van der Waals surface area (Å²) in [7, 11) is -0.955. The van der Waals surface area contributed by atoms with E-state index in [1.54, 1.807) is 20.3 Å². The summed E-state index contributed by atoms with van der Waals surface area (Å²) in [6, 6.07) is 11.2. The van der Waals surface area contributed by atoms with Crippen LogP contribution in [0.4, 0.5) is 5.82 Å². The molecule has 0 saturated carbocycles. The number of hydrogen-bond acceptors (Lipinski definition) is 7.